The third kappa shape index (κ3) is 2.24. The third-order valence-corrected chi connectivity index (χ3v) is 2.96. The van der Waals surface area contributed by atoms with Crippen LogP contribution in [0.15, 0.2) is 22.9 Å². The van der Waals surface area contributed by atoms with E-state index >= 15 is 0 Å². The number of hydrogen-bond donors (Lipinski definition) is 1. The average molecular weight is 230 g/mol. The van der Waals surface area contributed by atoms with Gasteiger partial charge in [-0.25, -0.2) is 0 Å². The molecule has 0 saturated carbocycles. The summed E-state index contributed by atoms with van der Waals surface area (Å²) in [5.41, 5.74) is 11.5. The Kier molecular flexibility index (Phi) is 3.29. The van der Waals surface area contributed by atoms with Gasteiger partial charge >= 0.3 is 0 Å². The van der Waals surface area contributed by atoms with Crippen molar-refractivity contribution >= 4 is 0 Å². The van der Waals surface area contributed by atoms with Gasteiger partial charge in [0.15, 0.2) is 5.76 Å². The molecule has 3 nitrogen and oxygen atoms in total. The molecule has 0 bridgehead atoms. The van der Waals surface area contributed by atoms with E-state index < -0.39 is 0 Å². The van der Waals surface area contributed by atoms with Gasteiger partial charge in [0.25, 0.3) is 0 Å². The zero-order chi connectivity index (χ0) is 12.4. The molecule has 2 aromatic rings. The molecule has 0 aliphatic carbocycles. The molecule has 0 aliphatic heterocycles. The van der Waals surface area contributed by atoms with Gasteiger partial charge in [-0.3, -0.25) is 0 Å². The first-order valence-corrected chi connectivity index (χ1v) is 5.85. The van der Waals surface area contributed by atoms with Crippen LogP contribution in [0.3, 0.4) is 0 Å². The largest absolute Gasteiger partial charge is 0.356 e. The first kappa shape index (κ1) is 11.9. The molecule has 0 atom stereocenters. The minimum Gasteiger partial charge on any atom is -0.356 e. The monoisotopic (exact) mass is 230 g/mol. The summed E-state index contributed by atoms with van der Waals surface area (Å²) in [7, 11) is 0. The predicted octanol–water partition coefficient (Wildman–Crippen LogP) is 2.77. The van der Waals surface area contributed by atoms with Crippen LogP contribution in [0.5, 0.6) is 0 Å². The van der Waals surface area contributed by atoms with Gasteiger partial charge in [0.1, 0.15) is 0 Å². The van der Waals surface area contributed by atoms with Gasteiger partial charge in [0, 0.05) is 11.1 Å². The highest BCUT2D eigenvalue weighted by Gasteiger charge is 2.15. The summed E-state index contributed by atoms with van der Waals surface area (Å²) >= 11 is 0. The predicted molar refractivity (Wildman–Crippen MR) is 68.9 cm³/mol. The third-order valence-electron chi connectivity index (χ3n) is 2.96. The molecule has 90 valence electrons. The second-order valence-corrected chi connectivity index (χ2v) is 4.49. The SMILES string of the molecule is Cc1cc(C)c(-c2oncc2CCN)c(C)c1. The Labute approximate surface area is 102 Å². The summed E-state index contributed by atoms with van der Waals surface area (Å²) in [6.07, 6.45) is 2.56. The molecule has 0 unspecified atom stereocenters. The fraction of sp³-hybridized carbons (Fsp3) is 0.357. The lowest BCUT2D eigenvalue weighted by Gasteiger charge is -2.09. The van der Waals surface area contributed by atoms with Crippen LogP contribution in [0.1, 0.15) is 22.3 Å². The van der Waals surface area contributed by atoms with Crippen molar-refractivity contribution in [3.05, 3.63) is 40.6 Å². The fourth-order valence-corrected chi connectivity index (χ4v) is 2.34. The van der Waals surface area contributed by atoms with Crippen molar-refractivity contribution in [1.82, 2.24) is 5.16 Å². The zero-order valence-corrected chi connectivity index (χ0v) is 10.6. The Morgan fingerprint density at radius 2 is 1.82 bits per heavy atom. The summed E-state index contributed by atoms with van der Waals surface area (Å²) in [6.45, 7) is 6.91. The van der Waals surface area contributed by atoms with Gasteiger partial charge in [-0.15, -0.1) is 0 Å². The highest BCUT2D eigenvalue weighted by Crippen LogP contribution is 2.31. The number of nitrogens with zero attached hydrogens (tertiary/aromatic N) is 1. The Balaban J connectivity index is 2.56. The Morgan fingerprint density at radius 1 is 1.18 bits per heavy atom. The maximum atomic E-state index is 5.60. The number of nitrogens with two attached hydrogens (primary N) is 1. The topological polar surface area (TPSA) is 52.0 Å². The summed E-state index contributed by atoms with van der Waals surface area (Å²) in [4.78, 5) is 0. The van der Waals surface area contributed by atoms with Crippen LogP contribution in [-0.4, -0.2) is 11.7 Å². The van der Waals surface area contributed by atoms with Gasteiger partial charge in [-0.1, -0.05) is 22.9 Å². The molecule has 2 N–H and O–H groups in total. The summed E-state index contributed by atoms with van der Waals surface area (Å²) in [5, 5.41) is 3.89. The van der Waals surface area contributed by atoms with Crippen LogP contribution < -0.4 is 5.73 Å². The van der Waals surface area contributed by atoms with Crippen molar-refractivity contribution in [2.75, 3.05) is 6.54 Å². The van der Waals surface area contributed by atoms with Crippen molar-refractivity contribution in [1.29, 1.82) is 0 Å². The van der Waals surface area contributed by atoms with Gasteiger partial charge in [0.2, 0.25) is 0 Å². The Morgan fingerprint density at radius 3 is 2.41 bits per heavy atom. The van der Waals surface area contributed by atoms with E-state index in [9.17, 15) is 0 Å². The van der Waals surface area contributed by atoms with Crippen molar-refractivity contribution in [3.63, 3.8) is 0 Å². The van der Waals surface area contributed by atoms with E-state index in [1.165, 1.54) is 16.7 Å². The van der Waals surface area contributed by atoms with Crippen LogP contribution in [0.2, 0.25) is 0 Å². The Hall–Kier alpha value is -1.61. The molecule has 2 rings (SSSR count). The van der Waals surface area contributed by atoms with Gasteiger partial charge in [-0.05, 0) is 44.9 Å². The first-order valence-electron chi connectivity index (χ1n) is 5.85. The average Bonchev–Trinajstić information content (AvgIpc) is 2.65. The molecule has 0 saturated heterocycles. The van der Waals surface area contributed by atoms with Gasteiger partial charge in [0.05, 0.1) is 6.20 Å². The second kappa shape index (κ2) is 4.72. The second-order valence-electron chi connectivity index (χ2n) is 4.49. The van der Waals surface area contributed by atoms with E-state index in [2.05, 4.69) is 38.1 Å². The van der Waals surface area contributed by atoms with E-state index in [-0.39, 0.29) is 0 Å². The molecular weight excluding hydrogens is 212 g/mol. The van der Waals surface area contributed by atoms with Crippen molar-refractivity contribution in [2.24, 2.45) is 5.73 Å². The Bertz CT molecular complexity index is 506. The zero-order valence-electron chi connectivity index (χ0n) is 10.6. The molecule has 17 heavy (non-hydrogen) atoms. The minimum absolute atomic E-state index is 0.609. The number of aromatic nitrogens is 1. The van der Waals surface area contributed by atoms with Gasteiger partial charge < -0.3 is 10.3 Å². The van der Waals surface area contributed by atoms with Crippen LogP contribution >= 0.6 is 0 Å². The molecule has 0 fully saturated rings. The molecule has 0 aliphatic rings. The molecule has 1 aromatic carbocycles. The van der Waals surface area contributed by atoms with Crippen LogP contribution in [0.25, 0.3) is 11.3 Å². The van der Waals surface area contributed by atoms with Crippen LogP contribution in [-0.2, 0) is 6.42 Å². The number of hydrogen-bond acceptors (Lipinski definition) is 3. The van der Waals surface area contributed by atoms with Crippen molar-refractivity contribution in [3.8, 4) is 11.3 Å². The highest BCUT2D eigenvalue weighted by molar-refractivity contribution is 5.69. The lowest BCUT2D eigenvalue weighted by atomic mass is 9.95. The highest BCUT2D eigenvalue weighted by atomic mass is 16.5. The van der Waals surface area contributed by atoms with E-state index in [0.717, 1.165) is 23.3 Å². The molecule has 0 spiro atoms. The van der Waals surface area contributed by atoms with E-state index in [1.54, 1.807) is 6.20 Å². The van der Waals surface area contributed by atoms with Crippen LogP contribution in [0.4, 0.5) is 0 Å². The molecular formula is C14H18N2O. The quantitative estimate of drug-likeness (QED) is 0.882. The molecule has 1 heterocycles. The van der Waals surface area contributed by atoms with Gasteiger partial charge in [-0.2, -0.15) is 0 Å². The van der Waals surface area contributed by atoms with E-state index in [1.807, 2.05) is 0 Å². The fourth-order valence-electron chi connectivity index (χ4n) is 2.34. The summed E-state index contributed by atoms with van der Waals surface area (Å²) in [6, 6.07) is 4.33. The smallest absolute Gasteiger partial charge is 0.170 e. The van der Waals surface area contributed by atoms with Crippen molar-refractivity contribution in [2.45, 2.75) is 27.2 Å². The normalized spacial score (nSPS) is 10.8. The standard InChI is InChI=1S/C14H18N2O/c1-9-6-10(2)13(11(3)7-9)14-12(4-5-15)8-16-17-14/h6-8H,4-5,15H2,1-3H3. The number of benzene rings is 1. The molecule has 1 aromatic heterocycles. The van der Waals surface area contributed by atoms with Crippen molar-refractivity contribution < 1.29 is 4.52 Å². The molecule has 0 amide bonds. The summed E-state index contributed by atoms with van der Waals surface area (Å²) < 4.78 is 5.40. The lowest BCUT2D eigenvalue weighted by molar-refractivity contribution is 0.431. The number of aryl methyl sites for hydroxylation is 3. The molecule has 3 heteroatoms. The maximum absolute atomic E-state index is 5.60. The first-order chi connectivity index (χ1) is 8.13. The lowest BCUT2D eigenvalue weighted by Crippen LogP contribution is -2.03. The number of rotatable bonds is 3. The minimum atomic E-state index is 0.609. The van der Waals surface area contributed by atoms with E-state index in [4.69, 9.17) is 10.3 Å². The maximum Gasteiger partial charge on any atom is 0.170 e. The van der Waals surface area contributed by atoms with E-state index in [0.29, 0.717) is 6.54 Å². The molecule has 0 radical (unpaired) electrons. The summed E-state index contributed by atoms with van der Waals surface area (Å²) in [5.74, 6) is 0.866. The van der Waals surface area contributed by atoms with Crippen LogP contribution in [0, 0.1) is 20.8 Å².